The van der Waals surface area contributed by atoms with E-state index in [1.807, 2.05) is 36.3 Å². The molecule has 0 saturated carbocycles. The van der Waals surface area contributed by atoms with Crippen LogP contribution in [-0.4, -0.2) is 24.9 Å². The number of aromatic nitrogens is 1. The van der Waals surface area contributed by atoms with Gasteiger partial charge in [-0.15, -0.1) is 0 Å². The summed E-state index contributed by atoms with van der Waals surface area (Å²) in [6, 6.07) is 5.97. The second-order valence-corrected chi connectivity index (χ2v) is 5.90. The Morgan fingerprint density at radius 1 is 1.33 bits per heavy atom. The smallest absolute Gasteiger partial charge is 0.207 e. The fourth-order valence-corrected chi connectivity index (χ4v) is 3.14. The van der Waals surface area contributed by atoms with Gasteiger partial charge in [-0.05, 0) is 31.5 Å². The molecule has 21 heavy (non-hydrogen) atoms. The number of nitrogens with zero attached hydrogens (tertiary/aromatic N) is 3. The molecule has 1 aromatic carbocycles. The number of anilines is 1. The molecule has 0 unspecified atom stereocenters. The fraction of sp³-hybridized carbons (Fsp3) is 0.500. The standard InChI is InChI=1S/C16H23N3OS/c1-4-6-7-8-11-19(17-5-2)16-18-14-10-9-13(20-3)12-15(14)21-16/h5,9-10,12H,4,6-8,11H2,1-3H3/b17-5+. The van der Waals surface area contributed by atoms with Crippen molar-refractivity contribution < 1.29 is 4.74 Å². The highest BCUT2D eigenvalue weighted by atomic mass is 32.1. The van der Waals surface area contributed by atoms with Gasteiger partial charge in [-0.25, -0.2) is 9.99 Å². The van der Waals surface area contributed by atoms with Gasteiger partial charge in [0.2, 0.25) is 5.13 Å². The van der Waals surface area contributed by atoms with Crippen LogP contribution in [0.5, 0.6) is 5.75 Å². The SMILES string of the molecule is C/C=N/N(CCCCCC)c1nc2ccc(OC)cc2s1. The van der Waals surface area contributed by atoms with Crippen molar-refractivity contribution in [2.75, 3.05) is 18.7 Å². The van der Waals surface area contributed by atoms with E-state index in [1.165, 1.54) is 19.3 Å². The molecule has 2 aromatic rings. The number of rotatable bonds is 8. The van der Waals surface area contributed by atoms with Gasteiger partial charge >= 0.3 is 0 Å². The molecular weight excluding hydrogens is 282 g/mol. The monoisotopic (exact) mass is 305 g/mol. The molecule has 5 heteroatoms. The molecule has 0 aliphatic rings. The van der Waals surface area contributed by atoms with E-state index in [-0.39, 0.29) is 0 Å². The van der Waals surface area contributed by atoms with Gasteiger partial charge in [-0.3, -0.25) is 0 Å². The first kappa shape index (κ1) is 15.8. The lowest BCUT2D eigenvalue weighted by Gasteiger charge is -2.14. The molecule has 0 fully saturated rings. The lowest BCUT2D eigenvalue weighted by atomic mass is 10.2. The fourth-order valence-electron chi connectivity index (χ4n) is 2.16. The molecule has 1 aromatic heterocycles. The lowest BCUT2D eigenvalue weighted by molar-refractivity contribution is 0.415. The third-order valence-corrected chi connectivity index (χ3v) is 4.31. The van der Waals surface area contributed by atoms with Gasteiger partial charge in [-0.1, -0.05) is 37.5 Å². The average Bonchev–Trinajstić information content (AvgIpc) is 2.93. The largest absolute Gasteiger partial charge is 0.497 e. The lowest BCUT2D eigenvalue weighted by Crippen LogP contribution is -2.17. The molecule has 0 saturated heterocycles. The predicted molar refractivity (Wildman–Crippen MR) is 91.8 cm³/mol. The first-order valence-electron chi connectivity index (χ1n) is 7.49. The molecule has 2 rings (SSSR count). The number of hydrogen-bond donors (Lipinski definition) is 0. The number of unbranched alkanes of at least 4 members (excludes halogenated alkanes) is 3. The van der Waals surface area contributed by atoms with E-state index in [0.717, 1.165) is 34.1 Å². The summed E-state index contributed by atoms with van der Waals surface area (Å²) < 4.78 is 6.40. The predicted octanol–water partition coefficient (Wildman–Crippen LogP) is 4.70. The Hall–Kier alpha value is -1.62. The maximum atomic E-state index is 5.27. The van der Waals surface area contributed by atoms with Gasteiger partial charge in [0.1, 0.15) is 5.75 Å². The molecule has 0 bridgehead atoms. The van der Waals surface area contributed by atoms with Crippen molar-refractivity contribution in [1.82, 2.24) is 4.98 Å². The number of ether oxygens (including phenoxy) is 1. The van der Waals surface area contributed by atoms with Crippen molar-refractivity contribution in [3.8, 4) is 5.75 Å². The number of thiazole rings is 1. The van der Waals surface area contributed by atoms with E-state index in [2.05, 4.69) is 17.0 Å². The van der Waals surface area contributed by atoms with E-state index in [1.54, 1.807) is 18.4 Å². The molecule has 0 spiro atoms. The van der Waals surface area contributed by atoms with Crippen molar-refractivity contribution in [1.29, 1.82) is 0 Å². The van der Waals surface area contributed by atoms with Crippen LogP contribution in [0.25, 0.3) is 10.2 Å². The highest BCUT2D eigenvalue weighted by Crippen LogP contribution is 2.31. The highest BCUT2D eigenvalue weighted by Gasteiger charge is 2.11. The number of benzene rings is 1. The van der Waals surface area contributed by atoms with Crippen LogP contribution >= 0.6 is 11.3 Å². The van der Waals surface area contributed by atoms with Crippen LogP contribution in [0.15, 0.2) is 23.3 Å². The van der Waals surface area contributed by atoms with Crippen molar-refractivity contribution in [3.05, 3.63) is 18.2 Å². The molecule has 0 N–H and O–H groups in total. The van der Waals surface area contributed by atoms with E-state index in [4.69, 9.17) is 4.74 Å². The van der Waals surface area contributed by atoms with Crippen LogP contribution in [0.1, 0.15) is 39.5 Å². The average molecular weight is 305 g/mol. The van der Waals surface area contributed by atoms with Gasteiger partial charge in [0.15, 0.2) is 0 Å². The Labute approximate surface area is 130 Å². The summed E-state index contributed by atoms with van der Waals surface area (Å²) in [4.78, 5) is 4.68. The number of hydrazone groups is 1. The Morgan fingerprint density at radius 3 is 2.90 bits per heavy atom. The summed E-state index contributed by atoms with van der Waals surface area (Å²) in [6.07, 6.45) is 6.74. The quantitative estimate of drug-likeness (QED) is 0.403. The van der Waals surface area contributed by atoms with Crippen molar-refractivity contribution in [3.63, 3.8) is 0 Å². The molecule has 0 radical (unpaired) electrons. The molecule has 0 amide bonds. The maximum Gasteiger partial charge on any atom is 0.207 e. The van der Waals surface area contributed by atoms with Crippen LogP contribution in [0, 0.1) is 0 Å². The number of hydrogen-bond acceptors (Lipinski definition) is 5. The minimum absolute atomic E-state index is 0.867. The van der Waals surface area contributed by atoms with Crippen LogP contribution in [0.3, 0.4) is 0 Å². The Morgan fingerprint density at radius 2 is 2.19 bits per heavy atom. The summed E-state index contributed by atoms with van der Waals surface area (Å²) in [5, 5.41) is 7.41. The molecular formula is C16H23N3OS. The normalized spacial score (nSPS) is 11.4. The van der Waals surface area contributed by atoms with E-state index in [9.17, 15) is 0 Å². The third kappa shape index (κ3) is 4.17. The van der Waals surface area contributed by atoms with Gasteiger partial charge < -0.3 is 4.74 Å². The van der Waals surface area contributed by atoms with Crippen molar-refractivity contribution >= 4 is 32.9 Å². The number of methoxy groups -OCH3 is 1. The van der Waals surface area contributed by atoms with Crippen LogP contribution in [-0.2, 0) is 0 Å². The zero-order valence-electron chi connectivity index (χ0n) is 13.0. The first-order chi connectivity index (χ1) is 10.3. The molecule has 4 nitrogen and oxygen atoms in total. The molecule has 1 heterocycles. The summed E-state index contributed by atoms with van der Waals surface area (Å²) in [5.41, 5.74) is 1.00. The van der Waals surface area contributed by atoms with Gasteiger partial charge in [-0.2, -0.15) is 5.10 Å². The van der Waals surface area contributed by atoms with Gasteiger partial charge in [0.25, 0.3) is 0 Å². The topological polar surface area (TPSA) is 37.7 Å². The van der Waals surface area contributed by atoms with Gasteiger partial charge in [0.05, 0.1) is 17.3 Å². The summed E-state index contributed by atoms with van der Waals surface area (Å²) in [6.45, 7) is 5.08. The summed E-state index contributed by atoms with van der Waals surface area (Å²) in [7, 11) is 1.69. The van der Waals surface area contributed by atoms with Crippen molar-refractivity contribution in [2.24, 2.45) is 5.10 Å². The first-order valence-corrected chi connectivity index (χ1v) is 8.30. The molecule has 114 valence electrons. The molecule has 0 atom stereocenters. The van der Waals surface area contributed by atoms with Crippen LogP contribution in [0.4, 0.5) is 5.13 Å². The Kier molecular flexibility index (Phi) is 5.99. The second-order valence-electron chi connectivity index (χ2n) is 4.89. The van der Waals surface area contributed by atoms with E-state index < -0.39 is 0 Å². The van der Waals surface area contributed by atoms with E-state index in [0.29, 0.717) is 0 Å². The Balaban J connectivity index is 2.15. The molecule has 0 aliphatic heterocycles. The molecule has 0 aliphatic carbocycles. The Bertz CT molecular complexity index is 594. The zero-order chi connectivity index (χ0) is 15.1. The van der Waals surface area contributed by atoms with E-state index >= 15 is 0 Å². The zero-order valence-corrected chi connectivity index (χ0v) is 13.8. The minimum atomic E-state index is 0.867. The number of fused-ring (bicyclic) bond motifs is 1. The highest BCUT2D eigenvalue weighted by molar-refractivity contribution is 7.22. The maximum absolute atomic E-state index is 5.27. The summed E-state index contributed by atoms with van der Waals surface area (Å²) >= 11 is 1.66. The van der Waals surface area contributed by atoms with Gasteiger partial charge in [0, 0.05) is 12.8 Å². The van der Waals surface area contributed by atoms with Crippen LogP contribution < -0.4 is 9.75 Å². The minimum Gasteiger partial charge on any atom is -0.497 e. The summed E-state index contributed by atoms with van der Waals surface area (Å²) in [5.74, 6) is 0.867. The third-order valence-electron chi connectivity index (χ3n) is 3.28. The van der Waals surface area contributed by atoms with Crippen molar-refractivity contribution in [2.45, 2.75) is 39.5 Å². The van der Waals surface area contributed by atoms with Crippen LogP contribution in [0.2, 0.25) is 0 Å². The second kappa shape index (κ2) is 7.98.